The summed E-state index contributed by atoms with van der Waals surface area (Å²) in [5.74, 6) is 0. The van der Waals surface area contributed by atoms with Gasteiger partial charge in [0.15, 0.2) is 0 Å². The van der Waals surface area contributed by atoms with Gasteiger partial charge in [0, 0.05) is 31.7 Å². The molecule has 3 nitrogen and oxygen atoms in total. The average Bonchev–Trinajstić information content (AvgIpc) is 2.46. The van der Waals surface area contributed by atoms with Crippen LogP contribution in [-0.4, -0.2) is 55.1 Å². The van der Waals surface area contributed by atoms with E-state index in [9.17, 15) is 0 Å². The average molecular weight is 259 g/mol. The van der Waals surface area contributed by atoms with Crippen LogP contribution < -0.4 is 5.32 Å². The second-order valence-electron chi connectivity index (χ2n) is 6.11. The quantitative estimate of drug-likeness (QED) is 0.869. The highest BCUT2D eigenvalue weighted by Gasteiger charge is 2.40. The number of benzene rings is 1. The molecule has 0 unspecified atom stereocenters. The summed E-state index contributed by atoms with van der Waals surface area (Å²) in [6, 6.07) is 10.9. The Hall–Kier alpha value is -0.900. The second kappa shape index (κ2) is 5.61. The summed E-state index contributed by atoms with van der Waals surface area (Å²) in [4.78, 5) is 5.19. The SMILES string of the molecule is CN1CCC2(CC1)CNCCN2Cc1ccccc1. The maximum Gasteiger partial charge on any atom is 0.0362 e. The maximum absolute atomic E-state index is 3.62. The fourth-order valence-electron chi connectivity index (χ4n) is 3.46. The summed E-state index contributed by atoms with van der Waals surface area (Å²) in [5.41, 5.74) is 1.84. The molecule has 3 rings (SSSR count). The lowest BCUT2D eigenvalue weighted by Gasteiger charge is -2.51. The van der Waals surface area contributed by atoms with Crippen LogP contribution in [0, 0.1) is 0 Å². The number of nitrogens with one attached hydrogen (secondary N) is 1. The fourth-order valence-corrected chi connectivity index (χ4v) is 3.46. The molecular formula is C16H25N3. The van der Waals surface area contributed by atoms with Crippen molar-refractivity contribution >= 4 is 0 Å². The number of piperidine rings is 1. The molecule has 0 bridgehead atoms. The van der Waals surface area contributed by atoms with Gasteiger partial charge in [-0.3, -0.25) is 4.90 Å². The minimum Gasteiger partial charge on any atom is -0.314 e. The van der Waals surface area contributed by atoms with E-state index in [0.29, 0.717) is 5.54 Å². The van der Waals surface area contributed by atoms with E-state index in [1.165, 1.54) is 38.0 Å². The zero-order valence-electron chi connectivity index (χ0n) is 11.9. The summed E-state index contributed by atoms with van der Waals surface area (Å²) in [6.07, 6.45) is 2.59. The first kappa shape index (κ1) is 13.1. The molecule has 0 saturated carbocycles. The molecule has 2 aliphatic heterocycles. The normalized spacial score (nSPS) is 24.7. The predicted octanol–water partition coefficient (Wildman–Crippen LogP) is 1.56. The number of nitrogens with zero attached hydrogens (tertiary/aromatic N) is 2. The molecule has 2 saturated heterocycles. The lowest BCUT2D eigenvalue weighted by Crippen LogP contribution is -2.64. The van der Waals surface area contributed by atoms with Gasteiger partial charge in [-0.25, -0.2) is 0 Å². The second-order valence-corrected chi connectivity index (χ2v) is 6.11. The number of hydrogen-bond donors (Lipinski definition) is 1. The van der Waals surface area contributed by atoms with E-state index in [0.717, 1.165) is 19.6 Å². The van der Waals surface area contributed by atoms with Gasteiger partial charge >= 0.3 is 0 Å². The van der Waals surface area contributed by atoms with Gasteiger partial charge in [-0.15, -0.1) is 0 Å². The lowest BCUT2D eigenvalue weighted by molar-refractivity contribution is 0.00277. The van der Waals surface area contributed by atoms with Crippen LogP contribution in [0.2, 0.25) is 0 Å². The fraction of sp³-hybridized carbons (Fsp3) is 0.625. The lowest BCUT2D eigenvalue weighted by atomic mass is 9.84. The Morgan fingerprint density at radius 2 is 1.84 bits per heavy atom. The van der Waals surface area contributed by atoms with Crippen LogP contribution in [0.1, 0.15) is 18.4 Å². The van der Waals surface area contributed by atoms with Gasteiger partial charge in [0.2, 0.25) is 0 Å². The number of likely N-dealkylation sites (tertiary alicyclic amines) is 1. The predicted molar refractivity (Wildman–Crippen MR) is 79.2 cm³/mol. The van der Waals surface area contributed by atoms with E-state index in [1.54, 1.807) is 0 Å². The van der Waals surface area contributed by atoms with Crippen LogP contribution in [0.15, 0.2) is 30.3 Å². The summed E-state index contributed by atoms with van der Waals surface area (Å²) in [6.45, 7) is 7.03. The molecule has 0 amide bonds. The van der Waals surface area contributed by atoms with Crippen molar-refractivity contribution in [2.24, 2.45) is 0 Å². The van der Waals surface area contributed by atoms with E-state index >= 15 is 0 Å². The molecule has 1 aromatic carbocycles. The standard InChI is InChI=1S/C16H25N3/c1-18-10-7-16(8-11-18)14-17-9-12-19(16)13-15-5-3-2-4-6-15/h2-6,17H,7-14H2,1H3. The molecule has 2 aliphatic rings. The van der Waals surface area contributed by atoms with Gasteiger partial charge in [-0.05, 0) is 38.5 Å². The first-order valence-electron chi connectivity index (χ1n) is 7.47. The Kier molecular flexibility index (Phi) is 3.87. The van der Waals surface area contributed by atoms with Crippen molar-refractivity contribution in [2.45, 2.75) is 24.9 Å². The Balaban J connectivity index is 1.74. The largest absolute Gasteiger partial charge is 0.314 e. The highest BCUT2D eigenvalue weighted by molar-refractivity contribution is 5.15. The monoisotopic (exact) mass is 259 g/mol. The minimum atomic E-state index is 0.389. The number of rotatable bonds is 2. The van der Waals surface area contributed by atoms with E-state index in [-0.39, 0.29) is 0 Å². The van der Waals surface area contributed by atoms with Crippen LogP contribution in [0.4, 0.5) is 0 Å². The zero-order chi connectivity index (χ0) is 13.1. The van der Waals surface area contributed by atoms with Crippen LogP contribution in [0.3, 0.4) is 0 Å². The van der Waals surface area contributed by atoms with Gasteiger partial charge < -0.3 is 10.2 Å². The van der Waals surface area contributed by atoms with E-state index in [2.05, 4.69) is 52.5 Å². The first-order chi connectivity index (χ1) is 9.28. The first-order valence-corrected chi connectivity index (χ1v) is 7.47. The Morgan fingerprint density at radius 1 is 1.11 bits per heavy atom. The number of piperazine rings is 1. The molecule has 3 heteroatoms. The van der Waals surface area contributed by atoms with Gasteiger partial charge in [-0.2, -0.15) is 0 Å². The van der Waals surface area contributed by atoms with Gasteiger partial charge in [-0.1, -0.05) is 30.3 Å². The summed E-state index contributed by atoms with van der Waals surface area (Å²) >= 11 is 0. The third-order valence-electron chi connectivity index (χ3n) is 4.82. The molecule has 0 atom stereocenters. The Labute approximate surface area is 116 Å². The highest BCUT2D eigenvalue weighted by Crippen LogP contribution is 2.31. The summed E-state index contributed by atoms with van der Waals surface area (Å²) < 4.78 is 0. The maximum atomic E-state index is 3.62. The van der Waals surface area contributed by atoms with E-state index in [1.807, 2.05) is 0 Å². The molecule has 1 aromatic rings. The summed E-state index contributed by atoms with van der Waals surface area (Å²) in [5, 5.41) is 3.62. The number of hydrogen-bond acceptors (Lipinski definition) is 3. The molecule has 104 valence electrons. The molecule has 2 heterocycles. The van der Waals surface area contributed by atoms with Crippen LogP contribution >= 0.6 is 0 Å². The summed E-state index contributed by atoms with van der Waals surface area (Å²) in [7, 11) is 2.24. The zero-order valence-corrected chi connectivity index (χ0v) is 11.9. The van der Waals surface area contributed by atoms with E-state index < -0.39 is 0 Å². The van der Waals surface area contributed by atoms with Crippen molar-refractivity contribution in [3.8, 4) is 0 Å². The van der Waals surface area contributed by atoms with E-state index in [4.69, 9.17) is 0 Å². The molecule has 0 aromatic heterocycles. The van der Waals surface area contributed by atoms with Gasteiger partial charge in [0.25, 0.3) is 0 Å². The molecule has 1 N–H and O–H groups in total. The van der Waals surface area contributed by atoms with Gasteiger partial charge in [0.1, 0.15) is 0 Å². The van der Waals surface area contributed by atoms with Crippen LogP contribution in [0.5, 0.6) is 0 Å². The minimum absolute atomic E-state index is 0.389. The highest BCUT2D eigenvalue weighted by atomic mass is 15.3. The Bertz CT molecular complexity index is 396. The van der Waals surface area contributed by atoms with Crippen molar-refractivity contribution in [2.75, 3.05) is 39.8 Å². The molecule has 1 spiro atoms. The molecule has 0 radical (unpaired) electrons. The molecule has 0 aliphatic carbocycles. The molecule has 2 fully saturated rings. The smallest absolute Gasteiger partial charge is 0.0362 e. The van der Waals surface area contributed by atoms with Crippen molar-refractivity contribution in [3.63, 3.8) is 0 Å². The topological polar surface area (TPSA) is 18.5 Å². The Morgan fingerprint density at radius 3 is 2.58 bits per heavy atom. The van der Waals surface area contributed by atoms with Crippen LogP contribution in [0.25, 0.3) is 0 Å². The molecule has 19 heavy (non-hydrogen) atoms. The van der Waals surface area contributed by atoms with Crippen molar-refractivity contribution in [1.82, 2.24) is 15.1 Å². The third kappa shape index (κ3) is 2.83. The van der Waals surface area contributed by atoms with Gasteiger partial charge in [0.05, 0.1) is 0 Å². The third-order valence-corrected chi connectivity index (χ3v) is 4.82. The van der Waals surface area contributed by atoms with Crippen molar-refractivity contribution in [3.05, 3.63) is 35.9 Å². The molecular weight excluding hydrogens is 234 g/mol. The van der Waals surface area contributed by atoms with Crippen LogP contribution in [-0.2, 0) is 6.54 Å². The van der Waals surface area contributed by atoms with Crippen molar-refractivity contribution in [1.29, 1.82) is 0 Å². The van der Waals surface area contributed by atoms with Crippen molar-refractivity contribution < 1.29 is 0 Å².